The highest BCUT2D eigenvalue weighted by Crippen LogP contribution is 2.23. The molecule has 0 N–H and O–H groups in total. The molecule has 118 valence electrons. The van der Waals surface area contributed by atoms with Crippen molar-refractivity contribution in [2.75, 3.05) is 38.3 Å². The number of rotatable bonds is 6. The molecule has 0 amide bonds. The van der Waals surface area contributed by atoms with Gasteiger partial charge in [0, 0.05) is 20.2 Å². The molecule has 1 aromatic carbocycles. The lowest BCUT2D eigenvalue weighted by Gasteiger charge is -2.32. The number of ether oxygens (including phenoxy) is 3. The number of para-hydroxylation sites is 1. The Labute approximate surface area is 133 Å². The summed E-state index contributed by atoms with van der Waals surface area (Å²) in [5, 5.41) is 10.2. The minimum absolute atomic E-state index is 0.0312. The number of nitrogens with zero attached hydrogens (tertiary/aromatic N) is 3. The largest absolute Gasteiger partial charge is 0.491 e. The van der Waals surface area contributed by atoms with Crippen LogP contribution in [0.3, 0.4) is 0 Å². The van der Waals surface area contributed by atoms with Gasteiger partial charge in [-0.1, -0.05) is 29.5 Å². The van der Waals surface area contributed by atoms with E-state index in [1.54, 1.807) is 18.4 Å². The number of hydrogen-bond acceptors (Lipinski definition) is 7. The van der Waals surface area contributed by atoms with Crippen molar-refractivity contribution in [2.45, 2.75) is 12.7 Å². The molecule has 1 atom stereocenters. The highest BCUT2D eigenvalue weighted by atomic mass is 32.1. The molecule has 2 heterocycles. The molecule has 3 rings (SSSR count). The monoisotopic (exact) mass is 321 g/mol. The zero-order valence-electron chi connectivity index (χ0n) is 12.5. The van der Waals surface area contributed by atoms with Crippen LogP contribution in [0.1, 0.15) is 5.01 Å². The lowest BCUT2D eigenvalue weighted by Crippen LogP contribution is -2.45. The fourth-order valence-electron chi connectivity index (χ4n) is 2.25. The molecule has 1 aliphatic heterocycles. The van der Waals surface area contributed by atoms with Gasteiger partial charge in [0.25, 0.3) is 0 Å². The van der Waals surface area contributed by atoms with Crippen molar-refractivity contribution < 1.29 is 14.2 Å². The van der Waals surface area contributed by atoms with Crippen molar-refractivity contribution in [2.24, 2.45) is 0 Å². The Morgan fingerprint density at radius 3 is 3.00 bits per heavy atom. The van der Waals surface area contributed by atoms with Crippen LogP contribution >= 0.6 is 11.3 Å². The number of aromatic nitrogens is 2. The highest BCUT2D eigenvalue weighted by molar-refractivity contribution is 7.15. The number of benzene rings is 1. The summed E-state index contributed by atoms with van der Waals surface area (Å²) < 4.78 is 16.6. The van der Waals surface area contributed by atoms with Crippen LogP contribution in [-0.2, 0) is 16.1 Å². The standard InChI is InChI=1S/C15H19N3O3S/c1-19-11-14-16-17-15(22-14)18-7-8-20-13(9-18)10-21-12-5-3-2-4-6-12/h2-6,13H,7-11H2,1H3. The van der Waals surface area contributed by atoms with Gasteiger partial charge in [0.1, 0.15) is 30.1 Å². The van der Waals surface area contributed by atoms with E-state index in [9.17, 15) is 0 Å². The molecule has 1 aliphatic rings. The third-order valence-electron chi connectivity index (χ3n) is 3.31. The fraction of sp³-hybridized carbons (Fsp3) is 0.467. The van der Waals surface area contributed by atoms with Crippen molar-refractivity contribution in [1.29, 1.82) is 0 Å². The van der Waals surface area contributed by atoms with E-state index < -0.39 is 0 Å². The smallest absolute Gasteiger partial charge is 0.208 e. The van der Waals surface area contributed by atoms with E-state index in [0.717, 1.165) is 29.0 Å². The molecular formula is C15H19N3O3S. The summed E-state index contributed by atoms with van der Waals surface area (Å²) in [4.78, 5) is 2.19. The summed E-state index contributed by atoms with van der Waals surface area (Å²) in [6, 6.07) is 9.79. The van der Waals surface area contributed by atoms with E-state index >= 15 is 0 Å². The van der Waals surface area contributed by atoms with Gasteiger partial charge >= 0.3 is 0 Å². The summed E-state index contributed by atoms with van der Waals surface area (Å²) in [6.07, 6.45) is 0.0312. The molecule has 1 saturated heterocycles. The molecule has 22 heavy (non-hydrogen) atoms. The van der Waals surface area contributed by atoms with Gasteiger partial charge in [-0.3, -0.25) is 0 Å². The van der Waals surface area contributed by atoms with Crippen LogP contribution in [0.25, 0.3) is 0 Å². The van der Waals surface area contributed by atoms with Gasteiger partial charge in [-0.15, -0.1) is 10.2 Å². The maximum atomic E-state index is 5.77. The molecule has 1 unspecified atom stereocenters. The van der Waals surface area contributed by atoms with Gasteiger partial charge < -0.3 is 19.1 Å². The van der Waals surface area contributed by atoms with Crippen LogP contribution in [0.2, 0.25) is 0 Å². The molecule has 1 aromatic heterocycles. The summed E-state index contributed by atoms with van der Waals surface area (Å²) in [5.74, 6) is 0.863. The van der Waals surface area contributed by atoms with E-state index in [-0.39, 0.29) is 6.10 Å². The molecule has 1 fully saturated rings. The minimum atomic E-state index is 0.0312. The maximum Gasteiger partial charge on any atom is 0.208 e. The summed E-state index contributed by atoms with van der Waals surface area (Å²) >= 11 is 1.56. The second-order valence-corrected chi connectivity index (χ2v) is 6.01. The second kappa shape index (κ2) is 7.53. The average molecular weight is 321 g/mol. The number of hydrogen-bond donors (Lipinski definition) is 0. The molecule has 2 aromatic rings. The van der Waals surface area contributed by atoms with E-state index in [1.807, 2.05) is 30.3 Å². The lowest BCUT2D eigenvalue weighted by molar-refractivity contribution is 0.0102. The summed E-state index contributed by atoms with van der Waals surface area (Å²) in [5.41, 5.74) is 0. The zero-order valence-corrected chi connectivity index (χ0v) is 13.3. The van der Waals surface area contributed by atoms with Crippen molar-refractivity contribution in [3.8, 4) is 5.75 Å². The lowest BCUT2D eigenvalue weighted by atomic mass is 10.3. The Hall–Kier alpha value is -1.70. The maximum absolute atomic E-state index is 5.77. The van der Waals surface area contributed by atoms with Crippen molar-refractivity contribution in [3.63, 3.8) is 0 Å². The van der Waals surface area contributed by atoms with Gasteiger partial charge in [-0.25, -0.2) is 0 Å². The first-order valence-corrected chi connectivity index (χ1v) is 8.02. The predicted molar refractivity (Wildman–Crippen MR) is 84.5 cm³/mol. The average Bonchev–Trinajstić information content (AvgIpc) is 3.03. The van der Waals surface area contributed by atoms with Gasteiger partial charge in [0.15, 0.2) is 0 Å². The Morgan fingerprint density at radius 2 is 2.18 bits per heavy atom. The summed E-state index contributed by atoms with van der Waals surface area (Å²) in [7, 11) is 1.66. The first kappa shape index (κ1) is 15.2. The number of morpholine rings is 1. The topological polar surface area (TPSA) is 56.7 Å². The zero-order chi connectivity index (χ0) is 15.2. The minimum Gasteiger partial charge on any atom is -0.491 e. The van der Waals surface area contributed by atoms with E-state index in [4.69, 9.17) is 14.2 Å². The van der Waals surface area contributed by atoms with Crippen LogP contribution in [-0.4, -0.2) is 49.7 Å². The first-order valence-electron chi connectivity index (χ1n) is 7.21. The molecule has 7 heteroatoms. The summed E-state index contributed by atoms with van der Waals surface area (Å²) in [6.45, 7) is 3.28. The van der Waals surface area contributed by atoms with Crippen molar-refractivity contribution >= 4 is 16.5 Å². The van der Waals surface area contributed by atoms with Crippen LogP contribution < -0.4 is 9.64 Å². The molecule has 0 radical (unpaired) electrons. The van der Waals surface area contributed by atoms with Crippen molar-refractivity contribution in [1.82, 2.24) is 10.2 Å². The van der Waals surface area contributed by atoms with E-state index in [0.29, 0.717) is 19.8 Å². The third kappa shape index (κ3) is 3.94. The van der Waals surface area contributed by atoms with Crippen LogP contribution in [0.4, 0.5) is 5.13 Å². The predicted octanol–water partition coefficient (Wildman–Crippen LogP) is 1.97. The Morgan fingerprint density at radius 1 is 1.32 bits per heavy atom. The second-order valence-electron chi connectivity index (χ2n) is 4.97. The highest BCUT2D eigenvalue weighted by Gasteiger charge is 2.23. The Kier molecular flexibility index (Phi) is 5.20. The first-order chi connectivity index (χ1) is 10.8. The van der Waals surface area contributed by atoms with E-state index in [1.165, 1.54) is 0 Å². The normalized spacial score (nSPS) is 18.4. The van der Waals surface area contributed by atoms with Crippen LogP contribution in [0.15, 0.2) is 30.3 Å². The van der Waals surface area contributed by atoms with Gasteiger partial charge in [0.05, 0.1) is 6.61 Å². The van der Waals surface area contributed by atoms with Gasteiger partial charge in [0.2, 0.25) is 5.13 Å². The molecule has 0 saturated carbocycles. The Balaban J connectivity index is 1.54. The van der Waals surface area contributed by atoms with E-state index in [2.05, 4.69) is 15.1 Å². The van der Waals surface area contributed by atoms with Crippen LogP contribution in [0, 0.1) is 0 Å². The SMILES string of the molecule is COCc1nnc(N2CCOC(COc3ccccc3)C2)s1. The molecule has 0 aliphatic carbocycles. The fourth-order valence-corrected chi connectivity index (χ4v) is 3.10. The quantitative estimate of drug-likeness (QED) is 0.811. The molecular weight excluding hydrogens is 302 g/mol. The Bertz CT molecular complexity index is 578. The molecule has 6 nitrogen and oxygen atoms in total. The number of methoxy groups -OCH3 is 1. The molecule has 0 bridgehead atoms. The van der Waals surface area contributed by atoms with Crippen LogP contribution in [0.5, 0.6) is 5.75 Å². The molecule has 0 spiro atoms. The van der Waals surface area contributed by atoms with Crippen molar-refractivity contribution in [3.05, 3.63) is 35.3 Å². The van der Waals surface area contributed by atoms with Gasteiger partial charge in [-0.2, -0.15) is 0 Å². The van der Waals surface area contributed by atoms with Gasteiger partial charge in [-0.05, 0) is 12.1 Å². The number of anilines is 1. The third-order valence-corrected chi connectivity index (χ3v) is 4.27.